The highest BCUT2D eigenvalue weighted by atomic mass is 35.5. The summed E-state index contributed by atoms with van der Waals surface area (Å²) in [6.45, 7) is 2.68. The SMILES string of the molecule is COc1ccc(CCNc2ccnc(Nc3cccc(Cl)c3C)n2)cc1OC. The maximum Gasteiger partial charge on any atom is 0.229 e. The first-order valence-corrected chi connectivity index (χ1v) is 9.28. The topological polar surface area (TPSA) is 68.3 Å². The number of hydrogen-bond acceptors (Lipinski definition) is 6. The van der Waals surface area contributed by atoms with E-state index in [1.807, 2.05) is 49.4 Å². The zero-order valence-electron chi connectivity index (χ0n) is 16.1. The van der Waals surface area contributed by atoms with E-state index in [9.17, 15) is 0 Å². The summed E-state index contributed by atoms with van der Waals surface area (Å²) in [6.07, 6.45) is 2.54. The lowest BCUT2D eigenvalue weighted by molar-refractivity contribution is 0.354. The summed E-state index contributed by atoms with van der Waals surface area (Å²) in [5, 5.41) is 7.24. The van der Waals surface area contributed by atoms with Gasteiger partial charge in [-0.2, -0.15) is 4.98 Å². The molecule has 0 bridgehead atoms. The molecule has 0 atom stereocenters. The molecular formula is C21H23ClN4O2. The molecule has 146 valence electrons. The Morgan fingerprint density at radius 1 is 1.04 bits per heavy atom. The number of nitrogens with zero attached hydrogens (tertiary/aromatic N) is 2. The molecule has 7 heteroatoms. The van der Waals surface area contributed by atoms with E-state index < -0.39 is 0 Å². The van der Waals surface area contributed by atoms with E-state index in [0.717, 1.165) is 47.1 Å². The Bertz CT molecular complexity index is 949. The normalized spacial score (nSPS) is 10.4. The molecule has 0 amide bonds. The molecule has 0 unspecified atom stereocenters. The highest BCUT2D eigenvalue weighted by Crippen LogP contribution is 2.28. The van der Waals surface area contributed by atoms with Crippen LogP contribution in [0.3, 0.4) is 0 Å². The number of ether oxygens (including phenoxy) is 2. The van der Waals surface area contributed by atoms with Gasteiger partial charge in [-0.3, -0.25) is 0 Å². The fraction of sp³-hybridized carbons (Fsp3) is 0.238. The lowest BCUT2D eigenvalue weighted by atomic mass is 10.1. The van der Waals surface area contributed by atoms with Gasteiger partial charge in [-0.25, -0.2) is 4.98 Å². The van der Waals surface area contributed by atoms with Crippen molar-refractivity contribution in [2.75, 3.05) is 31.4 Å². The quantitative estimate of drug-likeness (QED) is 0.565. The van der Waals surface area contributed by atoms with Crippen molar-refractivity contribution in [2.24, 2.45) is 0 Å². The second-order valence-corrected chi connectivity index (χ2v) is 6.58. The third-order valence-electron chi connectivity index (χ3n) is 4.34. The lowest BCUT2D eigenvalue weighted by Gasteiger charge is -2.12. The number of halogens is 1. The molecule has 2 aromatic carbocycles. The Balaban J connectivity index is 1.61. The van der Waals surface area contributed by atoms with E-state index >= 15 is 0 Å². The van der Waals surface area contributed by atoms with Gasteiger partial charge in [0.15, 0.2) is 11.5 Å². The van der Waals surface area contributed by atoms with Crippen molar-refractivity contribution in [1.82, 2.24) is 9.97 Å². The first-order chi connectivity index (χ1) is 13.6. The predicted octanol–water partition coefficient (Wildman–Crippen LogP) is 4.85. The molecule has 0 aliphatic rings. The Kier molecular flexibility index (Phi) is 6.55. The van der Waals surface area contributed by atoms with E-state index in [0.29, 0.717) is 11.0 Å². The molecule has 0 fully saturated rings. The summed E-state index contributed by atoms with van der Waals surface area (Å²) < 4.78 is 10.6. The monoisotopic (exact) mass is 398 g/mol. The van der Waals surface area contributed by atoms with Crippen LogP contribution in [0.15, 0.2) is 48.7 Å². The average Bonchev–Trinajstić information content (AvgIpc) is 2.71. The molecule has 3 rings (SSSR count). The van der Waals surface area contributed by atoms with Crippen LogP contribution in [-0.2, 0) is 6.42 Å². The van der Waals surface area contributed by atoms with Gasteiger partial charge >= 0.3 is 0 Å². The summed E-state index contributed by atoms with van der Waals surface area (Å²) in [4.78, 5) is 8.79. The van der Waals surface area contributed by atoms with E-state index in [2.05, 4.69) is 20.6 Å². The van der Waals surface area contributed by atoms with Gasteiger partial charge in [0.1, 0.15) is 5.82 Å². The summed E-state index contributed by atoms with van der Waals surface area (Å²) in [5.74, 6) is 2.71. The van der Waals surface area contributed by atoms with Crippen LogP contribution in [0.5, 0.6) is 11.5 Å². The van der Waals surface area contributed by atoms with Crippen molar-refractivity contribution in [3.63, 3.8) is 0 Å². The van der Waals surface area contributed by atoms with E-state index in [4.69, 9.17) is 21.1 Å². The van der Waals surface area contributed by atoms with Crippen molar-refractivity contribution >= 4 is 29.1 Å². The molecule has 3 aromatic rings. The van der Waals surface area contributed by atoms with Crippen molar-refractivity contribution in [3.05, 3.63) is 64.8 Å². The van der Waals surface area contributed by atoms with Gasteiger partial charge < -0.3 is 20.1 Å². The zero-order chi connectivity index (χ0) is 19.9. The molecule has 0 saturated heterocycles. The Morgan fingerprint density at radius 2 is 1.86 bits per heavy atom. The van der Waals surface area contributed by atoms with E-state index in [1.54, 1.807) is 20.4 Å². The zero-order valence-corrected chi connectivity index (χ0v) is 16.9. The number of rotatable bonds is 8. The Morgan fingerprint density at radius 3 is 2.64 bits per heavy atom. The first-order valence-electron chi connectivity index (χ1n) is 8.90. The smallest absolute Gasteiger partial charge is 0.229 e. The molecule has 6 nitrogen and oxygen atoms in total. The van der Waals surface area contributed by atoms with Crippen LogP contribution in [-0.4, -0.2) is 30.7 Å². The van der Waals surface area contributed by atoms with Gasteiger partial charge in [0.2, 0.25) is 5.95 Å². The molecule has 1 aromatic heterocycles. The van der Waals surface area contributed by atoms with Crippen LogP contribution >= 0.6 is 11.6 Å². The molecule has 0 aliphatic heterocycles. The molecule has 1 heterocycles. The van der Waals surface area contributed by atoms with Gasteiger partial charge in [-0.05, 0) is 54.8 Å². The lowest BCUT2D eigenvalue weighted by Crippen LogP contribution is -2.08. The number of benzene rings is 2. The summed E-state index contributed by atoms with van der Waals surface area (Å²) >= 11 is 6.17. The average molecular weight is 399 g/mol. The summed E-state index contributed by atoms with van der Waals surface area (Å²) in [7, 11) is 3.27. The van der Waals surface area contributed by atoms with E-state index in [1.165, 1.54) is 0 Å². The second-order valence-electron chi connectivity index (χ2n) is 6.17. The van der Waals surface area contributed by atoms with Gasteiger partial charge in [-0.1, -0.05) is 23.7 Å². The standard InChI is InChI=1S/C21H23ClN4O2/c1-14-16(22)5-4-6-17(14)25-21-24-12-10-20(26-21)23-11-9-15-7-8-18(27-2)19(13-15)28-3/h4-8,10,12-13H,9,11H2,1-3H3,(H2,23,24,25,26). The fourth-order valence-corrected chi connectivity index (χ4v) is 2.93. The summed E-state index contributed by atoms with van der Waals surface area (Å²) in [5.41, 5.74) is 2.99. The molecule has 0 radical (unpaired) electrons. The minimum absolute atomic E-state index is 0.515. The highest BCUT2D eigenvalue weighted by Gasteiger charge is 2.06. The highest BCUT2D eigenvalue weighted by molar-refractivity contribution is 6.31. The van der Waals surface area contributed by atoms with Gasteiger partial charge in [-0.15, -0.1) is 0 Å². The van der Waals surface area contributed by atoms with Crippen molar-refractivity contribution in [3.8, 4) is 11.5 Å². The van der Waals surface area contributed by atoms with Crippen LogP contribution in [0.2, 0.25) is 5.02 Å². The number of anilines is 3. The number of hydrogen-bond donors (Lipinski definition) is 2. The third-order valence-corrected chi connectivity index (χ3v) is 4.75. The van der Waals surface area contributed by atoms with Crippen LogP contribution in [0.1, 0.15) is 11.1 Å². The van der Waals surface area contributed by atoms with Gasteiger partial charge in [0.25, 0.3) is 0 Å². The van der Waals surface area contributed by atoms with Gasteiger partial charge in [0.05, 0.1) is 14.2 Å². The van der Waals surface area contributed by atoms with Crippen LogP contribution in [0.25, 0.3) is 0 Å². The molecular weight excluding hydrogens is 376 g/mol. The number of nitrogens with one attached hydrogen (secondary N) is 2. The third kappa shape index (κ3) is 4.84. The number of methoxy groups -OCH3 is 2. The van der Waals surface area contributed by atoms with Crippen LogP contribution < -0.4 is 20.1 Å². The first kappa shape index (κ1) is 19.8. The minimum atomic E-state index is 0.515. The van der Waals surface area contributed by atoms with Crippen molar-refractivity contribution in [1.29, 1.82) is 0 Å². The molecule has 0 spiro atoms. The second kappa shape index (κ2) is 9.28. The largest absolute Gasteiger partial charge is 0.493 e. The van der Waals surface area contributed by atoms with E-state index in [-0.39, 0.29) is 0 Å². The van der Waals surface area contributed by atoms with Crippen molar-refractivity contribution < 1.29 is 9.47 Å². The van der Waals surface area contributed by atoms with Crippen LogP contribution in [0, 0.1) is 6.92 Å². The minimum Gasteiger partial charge on any atom is -0.493 e. The van der Waals surface area contributed by atoms with Crippen molar-refractivity contribution in [2.45, 2.75) is 13.3 Å². The summed E-state index contributed by atoms with van der Waals surface area (Å²) in [6, 6.07) is 13.5. The van der Waals surface area contributed by atoms with Crippen LogP contribution in [0.4, 0.5) is 17.5 Å². The van der Waals surface area contributed by atoms with Gasteiger partial charge in [0, 0.05) is 23.5 Å². The Hall–Kier alpha value is -2.99. The maximum absolute atomic E-state index is 6.17. The molecule has 28 heavy (non-hydrogen) atoms. The Labute approximate surface area is 169 Å². The molecule has 2 N–H and O–H groups in total. The number of aromatic nitrogens is 2. The maximum atomic E-state index is 6.17. The molecule has 0 saturated carbocycles. The predicted molar refractivity (Wildman–Crippen MR) is 113 cm³/mol. The molecule has 0 aliphatic carbocycles. The fourth-order valence-electron chi connectivity index (χ4n) is 2.75.